The van der Waals surface area contributed by atoms with Crippen LogP contribution in [-0.4, -0.2) is 12.6 Å². The van der Waals surface area contributed by atoms with E-state index < -0.39 is 0 Å². The van der Waals surface area contributed by atoms with Crippen LogP contribution in [-0.2, 0) is 9.53 Å². The molecule has 2 atom stereocenters. The van der Waals surface area contributed by atoms with Gasteiger partial charge in [0.25, 0.3) is 6.47 Å². The first-order chi connectivity index (χ1) is 6.72. The van der Waals surface area contributed by atoms with Crippen LogP contribution in [0.15, 0.2) is 18.2 Å². The number of halogens is 2. The second-order valence-electron chi connectivity index (χ2n) is 3.29. The van der Waals surface area contributed by atoms with Gasteiger partial charge in [0.05, 0.1) is 10.0 Å². The molecule has 74 valence electrons. The minimum Gasteiger partial charge on any atom is -0.464 e. The van der Waals surface area contributed by atoms with Crippen LogP contribution in [0, 0.1) is 0 Å². The average molecular weight is 231 g/mol. The summed E-state index contributed by atoms with van der Waals surface area (Å²) in [6, 6.07) is 5.49. The van der Waals surface area contributed by atoms with Crippen molar-refractivity contribution in [3.8, 4) is 0 Å². The molecule has 0 bridgehead atoms. The van der Waals surface area contributed by atoms with Crippen molar-refractivity contribution >= 4 is 29.7 Å². The minimum absolute atomic E-state index is 0.0183. The molecule has 0 radical (unpaired) electrons. The Morgan fingerprint density at radius 2 is 2.14 bits per heavy atom. The van der Waals surface area contributed by atoms with Crippen LogP contribution in [0.25, 0.3) is 0 Å². The van der Waals surface area contributed by atoms with Gasteiger partial charge in [0, 0.05) is 5.92 Å². The van der Waals surface area contributed by atoms with Crippen molar-refractivity contribution in [2.24, 2.45) is 0 Å². The van der Waals surface area contributed by atoms with Crippen LogP contribution in [0.4, 0.5) is 0 Å². The predicted octanol–water partition coefficient (Wildman–Crippen LogP) is 3.02. The molecule has 2 nitrogen and oxygen atoms in total. The van der Waals surface area contributed by atoms with E-state index in [0.717, 1.165) is 12.0 Å². The molecule has 1 fully saturated rings. The molecule has 0 heterocycles. The third-order valence-electron chi connectivity index (χ3n) is 2.33. The highest BCUT2D eigenvalue weighted by Crippen LogP contribution is 2.44. The number of ether oxygens (including phenoxy) is 1. The quantitative estimate of drug-likeness (QED) is 0.747. The van der Waals surface area contributed by atoms with Crippen LogP contribution in [0.1, 0.15) is 17.9 Å². The fourth-order valence-electron chi connectivity index (χ4n) is 1.49. The minimum atomic E-state index is 0.0183. The Labute approximate surface area is 91.8 Å². The van der Waals surface area contributed by atoms with Crippen molar-refractivity contribution in [2.45, 2.75) is 18.4 Å². The zero-order chi connectivity index (χ0) is 10.1. The summed E-state index contributed by atoms with van der Waals surface area (Å²) in [6.45, 7) is 0.488. The van der Waals surface area contributed by atoms with E-state index in [1.165, 1.54) is 0 Å². The summed E-state index contributed by atoms with van der Waals surface area (Å²) < 4.78 is 4.83. The lowest BCUT2D eigenvalue weighted by atomic mass is 10.1. The summed E-state index contributed by atoms with van der Waals surface area (Å²) in [4.78, 5) is 10.1. The van der Waals surface area contributed by atoms with Crippen LogP contribution < -0.4 is 0 Å². The van der Waals surface area contributed by atoms with Crippen molar-refractivity contribution in [2.75, 3.05) is 0 Å². The van der Waals surface area contributed by atoms with E-state index in [2.05, 4.69) is 0 Å². The molecular formula is C10H8Cl2O2. The normalized spacial score (nSPS) is 24.4. The van der Waals surface area contributed by atoms with Crippen molar-refractivity contribution < 1.29 is 9.53 Å². The van der Waals surface area contributed by atoms with Crippen molar-refractivity contribution in [3.05, 3.63) is 33.8 Å². The van der Waals surface area contributed by atoms with Gasteiger partial charge in [-0.1, -0.05) is 29.3 Å². The van der Waals surface area contributed by atoms with E-state index in [1.54, 1.807) is 6.07 Å². The number of hydrogen-bond acceptors (Lipinski definition) is 2. The molecule has 1 aromatic carbocycles. The number of hydrogen-bond donors (Lipinski definition) is 0. The van der Waals surface area contributed by atoms with Crippen LogP contribution in [0.5, 0.6) is 0 Å². The lowest BCUT2D eigenvalue weighted by Gasteiger charge is -2.01. The summed E-state index contributed by atoms with van der Waals surface area (Å²) in [6.07, 6.45) is 0.890. The van der Waals surface area contributed by atoms with E-state index in [1.807, 2.05) is 12.1 Å². The standard InChI is InChI=1S/C10H8Cl2O2/c11-8-2-1-6(3-9(8)12)7-4-10(7)14-5-13/h1-3,5,7,10H,4H2/t7?,10-/m1/s1. The monoisotopic (exact) mass is 230 g/mol. The third kappa shape index (κ3) is 1.86. The second kappa shape index (κ2) is 3.79. The fraction of sp³-hybridized carbons (Fsp3) is 0.300. The number of benzene rings is 1. The molecule has 14 heavy (non-hydrogen) atoms. The van der Waals surface area contributed by atoms with Gasteiger partial charge in [0.1, 0.15) is 6.10 Å². The van der Waals surface area contributed by atoms with Gasteiger partial charge in [-0.3, -0.25) is 4.79 Å². The molecule has 1 aliphatic carbocycles. The maximum atomic E-state index is 10.1. The van der Waals surface area contributed by atoms with Crippen LogP contribution >= 0.6 is 23.2 Å². The molecule has 1 aliphatic rings. The maximum Gasteiger partial charge on any atom is 0.293 e. The highest BCUT2D eigenvalue weighted by molar-refractivity contribution is 6.42. The van der Waals surface area contributed by atoms with Crippen LogP contribution in [0.3, 0.4) is 0 Å². The van der Waals surface area contributed by atoms with Crippen molar-refractivity contribution in [3.63, 3.8) is 0 Å². The van der Waals surface area contributed by atoms with Crippen LogP contribution in [0.2, 0.25) is 10.0 Å². The Hall–Kier alpha value is -0.730. The lowest BCUT2D eigenvalue weighted by Crippen LogP contribution is -1.93. The average Bonchev–Trinajstić information content (AvgIpc) is 2.90. The topological polar surface area (TPSA) is 26.3 Å². The van der Waals surface area contributed by atoms with E-state index in [4.69, 9.17) is 27.9 Å². The highest BCUT2D eigenvalue weighted by atomic mass is 35.5. The summed E-state index contributed by atoms with van der Waals surface area (Å²) in [5, 5.41) is 1.09. The molecule has 0 aromatic heterocycles. The molecule has 1 unspecified atom stereocenters. The van der Waals surface area contributed by atoms with Gasteiger partial charge in [-0.05, 0) is 24.1 Å². The number of carbonyl (C=O) groups excluding carboxylic acids is 1. The molecule has 1 aromatic rings. The fourth-order valence-corrected chi connectivity index (χ4v) is 1.79. The molecular weight excluding hydrogens is 223 g/mol. The lowest BCUT2D eigenvalue weighted by molar-refractivity contribution is -0.129. The van der Waals surface area contributed by atoms with Gasteiger partial charge >= 0.3 is 0 Å². The molecule has 0 amide bonds. The number of rotatable bonds is 3. The van der Waals surface area contributed by atoms with Gasteiger partial charge < -0.3 is 4.74 Å². The molecule has 2 rings (SSSR count). The highest BCUT2D eigenvalue weighted by Gasteiger charge is 2.40. The Morgan fingerprint density at radius 3 is 2.79 bits per heavy atom. The van der Waals surface area contributed by atoms with Gasteiger partial charge in [0.2, 0.25) is 0 Å². The molecule has 0 saturated heterocycles. The Morgan fingerprint density at radius 1 is 1.36 bits per heavy atom. The first kappa shape index (κ1) is 9.81. The second-order valence-corrected chi connectivity index (χ2v) is 4.10. The summed E-state index contributed by atoms with van der Waals surface area (Å²) in [5.41, 5.74) is 1.08. The van der Waals surface area contributed by atoms with E-state index >= 15 is 0 Å². The summed E-state index contributed by atoms with van der Waals surface area (Å²) >= 11 is 11.7. The molecule has 0 aliphatic heterocycles. The Balaban J connectivity index is 2.12. The van der Waals surface area contributed by atoms with Gasteiger partial charge in [0.15, 0.2) is 0 Å². The molecule has 4 heteroatoms. The van der Waals surface area contributed by atoms with E-state index in [-0.39, 0.29) is 12.0 Å². The molecule has 1 saturated carbocycles. The van der Waals surface area contributed by atoms with E-state index in [0.29, 0.717) is 16.5 Å². The summed E-state index contributed by atoms with van der Waals surface area (Å²) in [7, 11) is 0. The van der Waals surface area contributed by atoms with Gasteiger partial charge in [-0.15, -0.1) is 0 Å². The first-order valence-corrected chi connectivity index (χ1v) is 5.02. The zero-order valence-corrected chi connectivity index (χ0v) is 8.76. The number of carbonyl (C=O) groups is 1. The van der Waals surface area contributed by atoms with Crippen molar-refractivity contribution in [1.29, 1.82) is 0 Å². The largest absolute Gasteiger partial charge is 0.464 e. The SMILES string of the molecule is O=CO[C@@H]1CC1c1ccc(Cl)c(Cl)c1. The molecule has 0 N–H and O–H groups in total. The van der Waals surface area contributed by atoms with E-state index in [9.17, 15) is 4.79 Å². The van der Waals surface area contributed by atoms with Gasteiger partial charge in [-0.2, -0.15) is 0 Å². The third-order valence-corrected chi connectivity index (χ3v) is 3.07. The van der Waals surface area contributed by atoms with Gasteiger partial charge in [-0.25, -0.2) is 0 Å². The molecule has 0 spiro atoms. The Kier molecular flexibility index (Phi) is 2.66. The smallest absolute Gasteiger partial charge is 0.293 e. The Bertz CT molecular complexity index is 365. The predicted molar refractivity (Wildman–Crippen MR) is 54.8 cm³/mol. The maximum absolute atomic E-state index is 10.1. The zero-order valence-electron chi connectivity index (χ0n) is 7.24. The summed E-state index contributed by atoms with van der Waals surface area (Å²) in [5.74, 6) is 0.287. The first-order valence-electron chi connectivity index (χ1n) is 4.26. The van der Waals surface area contributed by atoms with Crippen molar-refractivity contribution in [1.82, 2.24) is 0 Å².